The largest absolute Gasteiger partial charge is 0.452 e. The van der Waals surface area contributed by atoms with Gasteiger partial charge in [-0.15, -0.1) is 23.5 Å². The first kappa shape index (κ1) is 22.2. The van der Waals surface area contributed by atoms with Gasteiger partial charge < -0.3 is 15.0 Å². The lowest BCUT2D eigenvalue weighted by molar-refractivity contribution is -0.121. The molecule has 0 atom stereocenters. The number of fused-ring (bicyclic) bond motifs is 1. The van der Waals surface area contributed by atoms with E-state index in [4.69, 9.17) is 4.74 Å². The first-order chi connectivity index (χ1) is 14.5. The Morgan fingerprint density at radius 3 is 2.67 bits per heavy atom. The summed E-state index contributed by atoms with van der Waals surface area (Å²) < 4.78 is 5.32. The van der Waals surface area contributed by atoms with Crippen molar-refractivity contribution in [1.29, 1.82) is 0 Å². The van der Waals surface area contributed by atoms with E-state index >= 15 is 0 Å². The molecule has 0 saturated carbocycles. The van der Waals surface area contributed by atoms with Crippen molar-refractivity contribution in [3.8, 4) is 0 Å². The summed E-state index contributed by atoms with van der Waals surface area (Å²) in [6.07, 6.45) is 0. The third-order valence-electron chi connectivity index (χ3n) is 4.27. The predicted molar refractivity (Wildman–Crippen MR) is 120 cm³/mol. The van der Waals surface area contributed by atoms with Crippen LogP contribution in [0.5, 0.6) is 0 Å². The van der Waals surface area contributed by atoms with Crippen LogP contribution in [0.3, 0.4) is 0 Å². The number of amides is 2. The Morgan fingerprint density at radius 2 is 1.87 bits per heavy atom. The zero-order valence-electron chi connectivity index (χ0n) is 16.9. The lowest BCUT2D eigenvalue weighted by atomic mass is 10.2. The molecule has 0 fully saturated rings. The number of carbonyl (C=O) groups is 3. The van der Waals surface area contributed by atoms with Gasteiger partial charge in [0.05, 0.1) is 17.0 Å². The summed E-state index contributed by atoms with van der Waals surface area (Å²) >= 11 is 2.97. The Kier molecular flexibility index (Phi) is 7.81. The molecule has 0 bridgehead atoms. The molecule has 2 aromatic rings. The van der Waals surface area contributed by atoms with Gasteiger partial charge in [0.1, 0.15) is 0 Å². The number of para-hydroxylation sites is 1. The molecule has 0 spiro atoms. The van der Waals surface area contributed by atoms with Crippen molar-refractivity contribution in [1.82, 2.24) is 5.32 Å². The number of nitrogens with zero attached hydrogens (tertiary/aromatic N) is 1. The molecule has 1 N–H and O–H groups in total. The minimum atomic E-state index is -0.574. The molecule has 1 aliphatic rings. The van der Waals surface area contributed by atoms with E-state index in [0.717, 1.165) is 16.3 Å². The SMILES string of the molecule is CC(C)NC(=O)CSc1ccccc1C(=O)OCC(=O)N1CCSc2ccccc21. The zero-order chi connectivity index (χ0) is 21.5. The average Bonchev–Trinajstić information content (AvgIpc) is 2.75. The molecule has 0 unspecified atom stereocenters. The molecule has 1 aliphatic heterocycles. The van der Waals surface area contributed by atoms with Crippen LogP contribution in [0.2, 0.25) is 0 Å². The highest BCUT2D eigenvalue weighted by atomic mass is 32.2. The summed E-state index contributed by atoms with van der Waals surface area (Å²) in [5.41, 5.74) is 1.20. The maximum absolute atomic E-state index is 12.7. The highest BCUT2D eigenvalue weighted by molar-refractivity contribution is 8.00. The van der Waals surface area contributed by atoms with E-state index in [9.17, 15) is 14.4 Å². The first-order valence-electron chi connectivity index (χ1n) is 9.66. The van der Waals surface area contributed by atoms with Crippen LogP contribution in [0, 0.1) is 0 Å². The van der Waals surface area contributed by atoms with Gasteiger partial charge in [-0.3, -0.25) is 9.59 Å². The van der Waals surface area contributed by atoms with Crippen LogP contribution in [0.15, 0.2) is 58.3 Å². The summed E-state index contributed by atoms with van der Waals surface area (Å²) in [6.45, 7) is 4.04. The highest BCUT2D eigenvalue weighted by Gasteiger charge is 2.24. The Bertz CT molecular complexity index is 933. The van der Waals surface area contributed by atoms with Crippen molar-refractivity contribution in [3.63, 3.8) is 0 Å². The summed E-state index contributed by atoms with van der Waals surface area (Å²) in [7, 11) is 0. The van der Waals surface area contributed by atoms with E-state index in [1.54, 1.807) is 40.9 Å². The maximum Gasteiger partial charge on any atom is 0.339 e. The van der Waals surface area contributed by atoms with E-state index in [1.807, 2.05) is 38.1 Å². The topological polar surface area (TPSA) is 75.7 Å². The molecule has 2 amide bonds. The second kappa shape index (κ2) is 10.5. The summed E-state index contributed by atoms with van der Waals surface area (Å²) in [4.78, 5) is 40.5. The van der Waals surface area contributed by atoms with Crippen molar-refractivity contribution >= 4 is 47.0 Å². The predicted octanol–water partition coefficient (Wildman–Crippen LogP) is 3.60. The van der Waals surface area contributed by atoms with Gasteiger partial charge in [-0.2, -0.15) is 0 Å². The molecule has 8 heteroatoms. The maximum atomic E-state index is 12.7. The van der Waals surface area contributed by atoms with Crippen LogP contribution >= 0.6 is 23.5 Å². The standard InChI is InChI=1S/C22H24N2O4S2/c1-15(2)23-20(25)14-30-18-9-5-3-7-16(18)22(27)28-13-21(26)24-11-12-29-19-10-6-4-8-17(19)24/h3-10,15H,11-14H2,1-2H3,(H,23,25). The van der Waals surface area contributed by atoms with E-state index in [0.29, 0.717) is 17.0 Å². The van der Waals surface area contributed by atoms with Gasteiger partial charge in [-0.05, 0) is 38.1 Å². The molecule has 2 aromatic carbocycles. The first-order valence-corrected chi connectivity index (χ1v) is 11.6. The molecule has 1 heterocycles. The van der Waals surface area contributed by atoms with Crippen molar-refractivity contribution in [2.75, 3.05) is 29.6 Å². The molecule has 6 nitrogen and oxygen atoms in total. The van der Waals surface area contributed by atoms with Gasteiger partial charge in [0, 0.05) is 28.1 Å². The van der Waals surface area contributed by atoms with Crippen molar-refractivity contribution in [2.45, 2.75) is 29.7 Å². The van der Waals surface area contributed by atoms with Gasteiger partial charge in [0.2, 0.25) is 5.91 Å². The molecular weight excluding hydrogens is 420 g/mol. The fourth-order valence-corrected chi connectivity index (χ4v) is 4.83. The van der Waals surface area contributed by atoms with Gasteiger partial charge in [-0.1, -0.05) is 24.3 Å². The normalized spacial score (nSPS) is 13.0. The number of rotatable bonds is 7. The number of carbonyl (C=O) groups excluding carboxylic acids is 3. The van der Waals surface area contributed by atoms with Crippen molar-refractivity contribution in [2.24, 2.45) is 0 Å². The summed E-state index contributed by atoms with van der Waals surface area (Å²) in [5, 5.41) is 2.82. The second-order valence-electron chi connectivity index (χ2n) is 6.94. The average molecular weight is 445 g/mol. The molecule has 0 aliphatic carbocycles. The highest BCUT2D eigenvalue weighted by Crippen LogP contribution is 2.34. The number of nitrogens with one attached hydrogen (secondary N) is 1. The molecular formula is C22H24N2O4S2. The van der Waals surface area contributed by atoms with Gasteiger partial charge in [0.15, 0.2) is 6.61 Å². The van der Waals surface area contributed by atoms with Crippen LogP contribution in [0.1, 0.15) is 24.2 Å². The number of hydrogen-bond acceptors (Lipinski definition) is 6. The van der Waals surface area contributed by atoms with Crippen LogP contribution in [0.4, 0.5) is 5.69 Å². The van der Waals surface area contributed by atoms with Crippen molar-refractivity contribution < 1.29 is 19.1 Å². The van der Waals surface area contributed by atoms with E-state index in [1.165, 1.54) is 11.8 Å². The fourth-order valence-electron chi connectivity index (χ4n) is 2.98. The second-order valence-corrected chi connectivity index (χ2v) is 9.10. The Balaban J connectivity index is 1.60. The zero-order valence-corrected chi connectivity index (χ0v) is 18.6. The smallest absolute Gasteiger partial charge is 0.339 e. The minimum absolute atomic E-state index is 0.0580. The molecule has 30 heavy (non-hydrogen) atoms. The van der Waals surface area contributed by atoms with Crippen LogP contribution < -0.4 is 10.2 Å². The molecule has 0 saturated heterocycles. The Morgan fingerprint density at radius 1 is 1.13 bits per heavy atom. The Labute approximate surface area is 184 Å². The lowest BCUT2D eigenvalue weighted by Crippen LogP contribution is -2.38. The number of benzene rings is 2. The Hall–Kier alpha value is -2.45. The van der Waals surface area contributed by atoms with E-state index < -0.39 is 5.97 Å². The van der Waals surface area contributed by atoms with Gasteiger partial charge in [-0.25, -0.2) is 4.79 Å². The minimum Gasteiger partial charge on any atom is -0.452 e. The van der Waals surface area contributed by atoms with Crippen LogP contribution in [-0.2, 0) is 14.3 Å². The molecule has 0 aromatic heterocycles. The summed E-state index contributed by atoms with van der Waals surface area (Å²) in [6, 6.07) is 14.7. The van der Waals surface area contributed by atoms with E-state index in [2.05, 4.69) is 5.32 Å². The fraction of sp³-hybridized carbons (Fsp3) is 0.318. The van der Waals surface area contributed by atoms with E-state index in [-0.39, 0.29) is 30.2 Å². The van der Waals surface area contributed by atoms with Gasteiger partial charge >= 0.3 is 5.97 Å². The van der Waals surface area contributed by atoms with Crippen LogP contribution in [0.25, 0.3) is 0 Å². The molecule has 3 rings (SSSR count). The monoisotopic (exact) mass is 444 g/mol. The number of anilines is 1. The number of ether oxygens (including phenoxy) is 1. The lowest BCUT2D eigenvalue weighted by Gasteiger charge is -2.28. The number of hydrogen-bond donors (Lipinski definition) is 1. The van der Waals surface area contributed by atoms with Crippen LogP contribution in [-0.4, -0.2) is 48.5 Å². The number of thioether (sulfide) groups is 2. The molecule has 158 valence electrons. The quantitative estimate of drug-likeness (QED) is 0.520. The third-order valence-corrected chi connectivity index (χ3v) is 6.39. The van der Waals surface area contributed by atoms with Gasteiger partial charge in [0.25, 0.3) is 5.91 Å². The third kappa shape index (κ3) is 5.79. The molecule has 0 radical (unpaired) electrons. The number of esters is 1. The summed E-state index contributed by atoms with van der Waals surface area (Å²) in [5.74, 6) is 0.0704. The van der Waals surface area contributed by atoms with Crippen molar-refractivity contribution in [3.05, 3.63) is 54.1 Å².